The second-order valence-corrected chi connectivity index (χ2v) is 10.1. The zero-order valence-corrected chi connectivity index (χ0v) is 20.6. The van der Waals surface area contributed by atoms with Gasteiger partial charge in [0, 0.05) is 5.02 Å². The van der Waals surface area contributed by atoms with Crippen LogP contribution in [0.5, 0.6) is 5.75 Å². The molecule has 3 aromatic carbocycles. The number of amides is 1. The quantitative estimate of drug-likeness (QED) is 0.484. The summed E-state index contributed by atoms with van der Waals surface area (Å²) in [6.07, 6.45) is 0. The highest BCUT2D eigenvalue weighted by molar-refractivity contribution is 7.92. The van der Waals surface area contributed by atoms with Gasteiger partial charge in [-0.05, 0) is 80.4 Å². The molecule has 0 fully saturated rings. The van der Waals surface area contributed by atoms with Crippen LogP contribution < -0.4 is 14.4 Å². The molecular formula is C25H27ClN2O4S. The number of aryl methyl sites for hydroxylation is 2. The molecule has 6 nitrogen and oxygen atoms in total. The van der Waals surface area contributed by atoms with Gasteiger partial charge in [0.05, 0.1) is 23.7 Å². The molecule has 0 radical (unpaired) electrons. The average molecular weight is 487 g/mol. The summed E-state index contributed by atoms with van der Waals surface area (Å²) in [6.45, 7) is 5.48. The first-order valence-corrected chi connectivity index (χ1v) is 12.2. The van der Waals surface area contributed by atoms with Crippen molar-refractivity contribution in [1.29, 1.82) is 0 Å². The number of halogens is 1. The minimum absolute atomic E-state index is 0.0495. The molecule has 0 saturated heterocycles. The van der Waals surface area contributed by atoms with Gasteiger partial charge in [0.1, 0.15) is 12.3 Å². The lowest BCUT2D eigenvalue weighted by Gasteiger charge is -2.25. The summed E-state index contributed by atoms with van der Waals surface area (Å²) in [5.74, 6) is 0.113. The van der Waals surface area contributed by atoms with Gasteiger partial charge in [-0.1, -0.05) is 35.4 Å². The highest BCUT2D eigenvalue weighted by Crippen LogP contribution is 2.27. The maximum absolute atomic E-state index is 13.5. The first-order valence-electron chi connectivity index (χ1n) is 10.4. The number of nitrogens with one attached hydrogen (secondary N) is 1. The third-order valence-electron chi connectivity index (χ3n) is 5.32. The van der Waals surface area contributed by atoms with E-state index < -0.39 is 15.9 Å². The average Bonchev–Trinajstić information content (AvgIpc) is 2.78. The van der Waals surface area contributed by atoms with Gasteiger partial charge in [-0.15, -0.1) is 0 Å². The highest BCUT2D eigenvalue weighted by atomic mass is 35.5. The Labute approximate surface area is 200 Å². The molecule has 0 saturated carbocycles. The maximum atomic E-state index is 13.5. The minimum atomic E-state index is -4.03. The molecule has 0 bridgehead atoms. The van der Waals surface area contributed by atoms with Crippen molar-refractivity contribution in [2.24, 2.45) is 0 Å². The standard InChI is InChI=1S/C25H27ClN2O4S/c1-17-5-14-24(18(2)15-17)19(3)27-25(29)16-28(21-8-6-20(26)7-9-21)33(30,31)23-12-10-22(32-4)11-13-23/h5-15,19H,16H2,1-4H3,(H,27,29)/t19-/m0/s1. The lowest BCUT2D eigenvalue weighted by molar-refractivity contribution is -0.120. The van der Waals surface area contributed by atoms with Crippen molar-refractivity contribution in [1.82, 2.24) is 5.32 Å². The monoisotopic (exact) mass is 486 g/mol. The number of hydrogen-bond acceptors (Lipinski definition) is 4. The van der Waals surface area contributed by atoms with Crippen LogP contribution in [0.4, 0.5) is 5.69 Å². The smallest absolute Gasteiger partial charge is 0.264 e. The van der Waals surface area contributed by atoms with Crippen LogP contribution in [0, 0.1) is 13.8 Å². The molecule has 0 heterocycles. The number of anilines is 1. The van der Waals surface area contributed by atoms with E-state index in [1.54, 1.807) is 36.4 Å². The van der Waals surface area contributed by atoms with Gasteiger partial charge in [0.2, 0.25) is 5.91 Å². The van der Waals surface area contributed by atoms with Crippen LogP contribution in [-0.2, 0) is 14.8 Å². The van der Waals surface area contributed by atoms with E-state index in [1.165, 1.54) is 19.2 Å². The van der Waals surface area contributed by atoms with Crippen LogP contribution in [-0.4, -0.2) is 28.0 Å². The van der Waals surface area contributed by atoms with Gasteiger partial charge < -0.3 is 10.1 Å². The molecule has 0 aliphatic carbocycles. The van der Waals surface area contributed by atoms with E-state index in [0.717, 1.165) is 21.0 Å². The molecule has 0 aliphatic rings. The Bertz CT molecular complexity index is 1230. The third kappa shape index (κ3) is 5.86. The molecule has 174 valence electrons. The number of hydrogen-bond donors (Lipinski definition) is 1. The number of carbonyl (C=O) groups excluding carboxylic acids is 1. The van der Waals surface area contributed by atoms with Gasteiger partial charge in [-0.25, -0.2) is 8.42 Å². The fraction of sp³-hybridized carbons (Fsp3) is 0.240. The first kappa shape index (κ1) is 24.6. The molecule has 0 aliphatic heterocycles. The van der Waals surface area contributed by atoms with Gasteiger partial charge >= 0.3 is 0 Å². The van der Waals surface area contributed by atoms with Crippen LogP contribution in [0.15, 0.2) is 71.6 Å². The Balaban J connectivity index is 1.89. The van der Waals surface area contributed by atoms with Gasteiger partial charge in [-0.2, -0.15) is 0 Å². The van der Waals surface area contributed by atoms with Crippen molar-refractivity contribution in [3.8, 4) is 5.75 Å². The number of sulfonamides is 1. The molecule has 0 spiro atoms. The summed E-state index contributed by atoms with van der Waals surface area (Å²) >= 11 is 5.99. The van der Waals surface area contributed by atoms with Crippen molar-refractivity contribution >= 4 is 33.2 Å². The fourth-order valence-corrected chi connectivity index (χ4v) is 5.15. The maximum Gasteiger partial charge on any atom is 0.264 e. The summed E-state index contributed by atoms with van der Waals surface area (Å²) < 4.78 is 33.1. The minimum Gasteiger partial charge on any atom is -0.497 e. The number of carbonyl (C=O) groups is 1. The van der Waals surface area contributed by atoms with E-state index in [4.69, 9.17) is 16.3 Å². The summed E-state index contributed by atoms with van der Waals surface area (Å²) in [4.78, 5) is 13.0. The van der Waals surface area contributed by atoms with Gasteiger partial charge in [0.25, 0.3) is 10.0 Å². The van der Waals surface area contributed by atoms with Gasteiger partial charge in [0.15, 0.2) is 0 Å². The Morgan fingerprint density at radius 3 is 2.24 bits per heavy atom. The fourth-order valence-electron chi connectivity index (χ4n) is 3.60. The largest absolute Gasteiger partial charge is 0.497 e. The van der Waals surface area contributed by atoms with Crippen LogP contribution in [0.1, 0.15) is 29.7 Å². The van der Waals surface area contributed by atoms with Crippen molar-refractivity contribution < 1.29 is 17.9 Å². The van der Waals surface area contributed by atoms with E-state index in [0.29, 0.717) is 16.5 Å². The van der Waals surface area contributed by atoms with Crippen LogP contribution >= 0.6 is 11.6 Å². The van der Waals surface area contributed by atoms with E-state index in [1.807, 2.05) is 39.0 Å². The molecule has 33 heavy (non-hydrogen) atoms. The first-order chi connectivity index (χ1) is 15.6. The molecule has 0 unspecified atom stereocenters. The van der Waals surface area contributed by atoms with E-state index in [2.05, 4.69) is 5.32 Å². The summed E-state index contributed by atoms with van der Waals surface area (Å²) in [6, 6.07) is 18.1. The molecule has 1 N–H and O–H groups in total. The Hall–Kier alpha value is -3.03. The molecule has 1 atom stereocenters. The number of benzene rings is 3. The van der Waals surface area contributed by atoms with E-state index >= 15 is 0 Å². The molecule has 8 heteroatoms. The number of ether oxygens (including phenoxy) is 1. The second kappa shape index (κ2) is 10.3. The van der Waals surface area contributed by atoms with Gasteiger partial charge in [-0.3, -0.25) is 9.10 Å². The van der Waals surface area contributed by atoms with Crippen LogP contribution in [0.2, 0.25) is 5.02 Å². The Morgan fingerprint density at radius 2 is 1.67 bits per heavy atom. The summed E-state index contributed by atoms with van der Waals surface area (Å²) in [7, 11) is -2.52. The van der Waals surface area contributed by atoms with Crippen molar-refractivity contribution in [3.63, 3.8) is 0 Å². The molecule has 1 amide bonds. The topological polar surface area (TPSA) is 75.7 Å². The summed E-state index contributed by atoms with van der Waals surface area (Å²) in [5, 5.41) is 3.38. The predicted molar refractivity (Wildman–Crippen MR) is 131 cm³/mol. The molecule has 0 aromatic heterocycles. The van der Waals surface area contributed by atoms with E-state index in [-0.39, 0.29) is 17.5 Å². The molecule has 3 aromatic rings. The number of rotatable bonds is 8. The van der Waals surface area contributed by atoms with Crippen LogP contribution in [0.3, 0.4) is 0 Å². The van der Waals surface area contributed by atoms with Crippen molar-refractivity contribution in [3.05, 3.63) is 88.4 Å². The third-order valence-corrected chi connectivity index (χ3v) is 7.36. The lowest BCUT2D eigenvalue weighted by Crippen LogP contribution is -2.41. The predicted octanol–water partition coefficient (Wildman–Crippen LogP) is 5.04. The molecular weight excluding hydrogens is 460 g/mol. The number of nitrogens with zero attached hydrogens (tertiary/aromatic N) is 1. The van der Waals surface area contributed by atoms with Crippen LogP contribution in [0.25, 0.3) is 0 Å². The lowest BCUT2D eigenvalue weighted by atomic mass is 10.0. The normalized spacial score (nSPS) is 12.2. The van der Waals surface area contributed by atoms with E-state index in [9.17, 15) is 13.2 Å². The van der Waals surface area contributed by atoms with Crippen molar-refractivity contribution in [2.75, 3.05) is 18.0 Å². The SMILES string of the molecule is COc1ccc(S(=O)(=O)N(CC(=O)N[C@@H](C)c2ccc(C)cc2C)c2ccc(Cl)cc2)cc1. The van der Waals surface area contributed by atoms with Crippen molar-refractivity contribution in [2.45, 2.75) is 31.7 Å². The Kier molecular flexibility index (Phi) is 7.66. The zero-order valence-electron chi connectivity index (χ0n) is 19.0. The Morgan fingerprint density at radius 1 is 1.03 bits per heavy atom. The molecule has 3 rings (SSSR count). The zero-order chi connectivity index (χ0) is 24.2. The highest BCUT2D eigenvalue weighted by Gasteiger charge is 2.28. The summed E-state index contributed by atoms with van der Waals surface area (Å²) in [5.41, 5.74) is 3.51. The number of methoxy groups -OCH3 is 1. The second-order valence-electron chi connectivity index (χ2n) is 7.81.